The monoisotopic (exact) mass is 951 g/mol. The van der Waals surface area contributed by atoms with Crippen LogP contribution in [0.2, 0.25) is 0 Å². The molecule has 11 aromatic carbocycles. The smallest absolute Gasteiger partial charge is 0.132 e. The molecule has 2 aliphatic heterocycles. The van der Waals surface area contributed by atoms with E-state index < -0.39 is 10.8 Å². The first-order valence-corrected chi connectivity index (χ1v) is 26.4. The largest absolute Gasteiger partial charge is 0.457 e. The maximum atomic E-state index is 6.79. The molecule has 72 heavy (non-hydrogen) atoms. The van der Waals surface area contributed by atoms with Crippen molar-refractivity contribution in [3.05, 3.63) is 293 Å². The van der Waals surface area contributed by atoms with Crippen molar-refractivity contribution < 1.29 is 4.74 Å². The van der Waals surface area contributed by atoms with Crippen molar-refractivity contribution in [3.63, 3.8) is 0 Å². The average molecular weight is 952 g/mol. The number of nitrogens with zero attached hydrogens (tertiary/aromatic N) is 1. The van der Waals surface area contributed by atoms with Crippen LogP contribution < -0.4 is 9.64 Å². The fourth-order valence-electron chi connectivity index (χ4n) is 13.3. The van der Waals surface area contributed by atoms with E-state index >= 15 is 0 Å². The molecule has 4 heteroatoms. The molecule has 2 spiro atoms. The maximum Gasteiger partial charge on any atom is 0.132 e. The quantitative estimate of drug-likeness (QED) is 0.174. The molecule has 0 unspecified atom stereocenters. The Morgan fingerprint density at radius 2 is 0.875 bits per heavy atom. The van der Waals surface area contributed by atoms with E-state index in [0.717, 1.165) is 39.7 Å². The van der Waals surface area contributed by atoms with Crippen LogP contribution in [0.3, 0.4) is 0 Å². The second-order valence-corrected chi connectivity index (χ2v) is 21.5. The lowest BCUT2D eigenvalue weighted by Crippen LogP contribution is -2.33. The molecule has 16 rings (SSSR count). The molecule has 0 bridgehead atoms. The van der Waals surface area contributed by atoms with Crippen molar-refractivity contribution in [3.8, 4) is 44.9 Å². The predicted molar refractivity (Wildman–Crippen MR) is 298 cm³/mol. The Morgan fingerprint density at radius 3 is 1.61 bits per heavy atom. The Balaban J connectivity index is 0.996. The zero-order chi connectivity index (χ0) is 47.1. The Morgan fingerprint density at radius 1 is 0.347 bits per heavy atom. The van der Waals surface area contributed by atoms with Gasteiger partial charge in [0, 0.05) is 57.9 Å². The highest BCUT2D eigenvalue weighted by molar-refractivity contribution is 7.99. The fraction of sp³-hybridized carbons (Fsp3) is 0.0294. The average Bonchev–Trinajstić information content (AvgIpc) is 4.08. The Labute approximate surface area is 426 Å². The van der Waals surface area contributed by atoms with Gasteiger partial charge in [-0.1, -0.05) is 200 Å². The number of benzene rings is 11. The van der Waals surface area contributed by atoms with Crippen LogP contribution in [-0.4, -0.2) is 0 Å². The van der Waals surface area contributed by atoms with Gasteiger partial charge in [-0.15, -0.1) is 11.3 Å². The molecule has 1 aromatic heterocycles. The van der Waals surface area contributed by atoms with Crippen molar-refractivity contribution in [2.75, 3.05) is 4.90 Å². The summed E-state index contributed by atoms with van der Waals surface area (Å²) in [6.45, 7) is 0. The van der Waals surface area contributed by atoms with Crippen molar-refractivity contribution in [1.29, 1.82) is 0 Å². The number of anilines is 3. The van der Waals surface area contributed by atoms with Crippen LogP contribution in [0.25, 0.3) is 53.6 Å². The molecule has 2 nitrogen and oxygen atoms in total. The number of fused-ring (bicyclic) bond motifs is 21. The van der Waals surface area contributed by atoms with Crippen LogP contribution in [0.15, 0.2) is 259 Å². The molecule has 0 radical (unpaired) electrons. The molecule has 336 valence electrons. The van der Waals surface area contributed by atoms with Gasteiger partial charge >= 0.3 is 0 Å². The van der Waals surface area contributed by atoms with E-state index in [1.165, 1.54) is 96.7 Å². The van der Waals surface area contributed by atoms with Gasteiger partial charge in [0.2, 0.25) is 0 Å². The van der Waals surface area contributed by atoms with Gasteiger partial charge in [-0.05, 0) is 116 Å². The molecule has 3 heterocycles. The third-order valence-corrected chi connectivity index (χ3v) is 18.3. The van der Waals surface area contributed by atoms with Gasteiger partial charge in [-0.3, -0.25) is 0 Å². The summed E-state index contributed by atoms with van der Waals surface area (Å²) in [6, 6.07) is 93.0. The molecule has 0 saturated carbocycles. The predicted octanol–water partition coefficient (Wildman–Crippen LogP) is 18.5. The minimum atomic E-state index is -0.622. The molecule has 12 aromatic rings. The van der Waals surface area contributed by atoms with E-state index in [1.54, 1.807) is 0 Å². The van der Waals surface area contributed by atoms with E-state index in [9.17, 15) is 0 Å². The van der Waals surface area contributed by atoms with Gasteiger partial charge in [0.05, 0.1) is 22.2 Å². The summed E-state index contributed by atoms with van der Waals surface area (Å²) >= 11 is 3.76. The lowest BCUT2D eigenvalue weighted by Gasteiger charge is -2.42. The van der Waals surface area contributed by atoms with Gasteiger partial charge in [-0.25, -0.2) is 0 Å². The van der Waals surface area contributed by atoms with Gasteiger partial charge in [-0.2, -0.15) is 0 Å². The Hall–Kier alpha value is -8.41. The number of hydrogen-bond acceptors (Lipinski definition) is 4. The lowest BCUT2D eigenvalue weighted by atomic mass is 9.66. The van der Waals surface area contributed by atoms with Gasteiger partial charge in [0.15, 0.2) is 0 Å². The first-order chi connectivity index (χ1) is 35.7. The normalized spacial score (nSPS) is 14.4. The summed E-state index contributed by atoms with van der Waals surface area (Å²) in [4.78, 5) is 5.17. The lowest BCUT2D eigenvalue weighted by molar-refractivity contribution is 0.436. The van der Waals surface area contributed by atoms with Crippen LogP contribution in [-0.2, 0) is 10.8 Å². The molecule has 2 aliphatic carbocycles. The molecule has 0 atom stereocenters. The van der Waals surface area contributed by atoms with Crippen molar-refractivity contribution in [2.24, 2.45) is 0 Å². The maximum absolute atomic E-state index is 6.79. The van der Waals surface area contributed by atoms with E-state index in [2.05, 4.69) is 254 Å². The van der Waals surface area contributed by atoms with Crippen molar-refractivity contribution >= 4 is 60.3 Å². The van der Waals surface area contributed by atoms with Gasteiger partial charge in [0.25, 0.3) is 0 Å². The van der Waals surface area contributed by atoms with E-state index in [4.69, 9.17) is 4.74 Å². The molecular weight excluding hydrogens is 911 g/mol. The first kappa shape index (κ1) is 40.3. The number of ether oxygens (including phenoxy) is 1. The van der Waals surface area contributed by atoms with E-state index in [-0.39, 0.29) is 0 Å². The minimum Gasteiger partial charge on any atom is -0.457 e. The Kier molecular flexibility index (Phi) is 8.43. The third kappa shape index (κ3) is 5.25. The molecule has 0 fully saturated rings. The van der Waals surface area contributed by atoms with Crippen LogP contribution in [0.5, 0.6) is 11.5 Å². The number of rotatable bonds is 4. The fourth-order valence-corrected chi connectivity index (χ4v) is 15.6. The van der Waals surface area contributed by atoms with E-state index in [1.807, 2.05) is 23.1 Å². The van der Waals surface area contributed by atoms with E-state index in [0.29, 0.717) is 0 Å². The van der Waals surface area contributed by atoms with Gasteiger partial charge in [0.1, 0.15) is 11.5 Å². The summed E-state index contributed by atoms with van der Waals surface area (Å²) in [7, 11) is 0. The molecule has 0 N–H and O–H groups in total. The molecular formula is C68H41NOS2. The highest BCUT2D eigenvalue weighted by atomic mass is 32.2. The highest BCUT2D eigenvalue weighted by Gasteiger charge is 2.54. The number of hydrogen-bond donors (Lipinski definition) is 0. The van der Waals surface area contributed by atoms with Crippen LogP contribution in [0, 0.1) is 0 Å². The summed E-state index contributed by atoms with van der Waals surface area (Å²) in [5.41, 5.74) is 19.6. The molecule has 4 aliphatic rings. The van der Waals surface area contributed by atoms with Crippen LogP contribution in [0.1, 0.15) is 44.5 Å². The number of para-hydroxylation sites is 2. The minimum absolute atomic E-state index is 0.603. The van der Waals surface area contributed by atoms with Crippen LogP contribution in [0.4, 0.5) is 17.1 Å². The zero-order valence-corrected chi connectivity index (χ0v) is 40.5. The summed E-state index contributed by atoms with van der Waals surface area (Å²) in [5, 5.41) is 2.63. The van der Waals surface area contributed by atoms with Crippen molar-refractivity contribution in [2.45, 2.75) is 20.6 Å². The third-order valence-electron chi connectivity index (χ3n) is 16.0. The van der Waals surface area contributed by atoms with Gasteiger partial charge < -0.3 is 9.64 Å². The molecule has 0 saturated heterocycles. The van der Waals surface area contributed by atoms with Crippen LogP contribution >= 0.6 is 23.1 Å². The number of thiophene rings is 1. The summed E-state index contributed by atoms with van der Waals surface area (Å²) in [5.74, 6) is 1.78. The summed E-state index contributed by atoms with van der Waals surface area (Å²) < 4.78 is 9.41. The second-order valence-electron chi connectivity index (χ2n) is 19.4. The standard InChI is InChI=1S/C68H41NOS2/c1-4-21-50-45(17-1)48-20-15-29-58(66(48)68(50)54-25-8-13-33-62(54)72-63-34-14-9-26-55(63)68)69(44-38-35-42(36-39-44)43-37-40-47-46-18-3-12-32-61(46)71-64(47)41-43)57-28-16-27-56-65(57)49-19-2-5-22-51(49)67(56)52-23-6-10-30-59(52)70-60-31-11-7-24-53(60)67/h1-41H. The topological polar surface area (TPSA) is 12.5 Å². The summed E-state index contributed by atoms with van der Waals surface area (Å²) in [6.07, 6.45) is 0. The first-order valence-electron chi connectivity index (χ1n) is 24.7. The highest BCUT2D eigenvalue weighted by Crippen LogP contribution is 2.67. The second kappa shape index (κ2) is 15.1. The zero-order valence-electron chi connectivity index (χ0n) is 38.8. The van der Waals surface area contributed by atoms with Crippen molar-refractivity contribution in [1.82, 2.24) is 0 Å². The SMILES string of the molecule is c1ccc2c(c1)Oc1ccccc1C21c2ccccc2-c2c(N(c3ccc(-c4ccc5c(c4)sc4ccccc45)cc3)c3cccc4c3C3(c5ccccc5Sc5ccccc53)c3ccccc3-4)cccc21. The Bertz CT molecular complexity index is 4170. The molecule has 0 amide bonds.